The molecule has 1 atom stereocenters. The topological polar surface area (TPSA) is 90.3 Å². The molecule has 2 aliphatic rings. The first-order valence-electron chi connectivity index (χ1n) is 10.2. The largest absolute Gasteiger partial charge is 0.381 e. The summed E-state index contributed by atoms with van der Waals surface area (Å²) in [5.41, 5.74) is 0.833. The summed E-state index contributed by atoms with van der Waals surface area (Å²) >= 11 is 0. The van der Waals surface area contributed by atoms with E-state index in [0.29, 0.717) is 23.1 Å². The Bertz CT molecular complexity index is 958. The van der Waals surface area contributed by atoms with Crippen molar-refractivity contribution < 1.29 is 17.9 Å². The first-order valence-corrected chi connectivity index (χ1v) is 11.7. The van der Waals surface area contributed by atoms with Crippen molar-refractivity contribution >= 4 is 21.6 Å². The van der Waals surface area contributed by atoms with Gasteiger partial charge < -0.3 is 10.1 Å². The fourth-order valence-corrected chi connectivity index (χ4v) is 5.52. The maximum atomic E-state index is 13.1. The number of amides is 1. The molecular formula is C21H27N3O4S. The molecular weight excluding hydrogens is 390 g/mol. The summed E-state index contributed by atoms with van der Waals surface area (Å²) in [6.45, 7) is 1.44. The van der Waals surface area contributed by atoms with E-state index in [-0.39, 0.29) is 17.1 Å². The zero-order valence-corrected chi connectivity index (χ0v) is 17.4. The summed E-state index contributed by atoms with van der Waals surface area (Å²) in [5.74, 6) is 0.436. The van der Waals surface area contributed by atoms with E-state index in [4.69, 9.17) is 4.74 Å². The molecule has 4 rings (SSSR count). The van der Waals surface area contributed by atoms with Gasteiger partial charge in [0.05, 0.1) is 16.1 Å². The van der Waals surface area contributed by atoms with Gasteiger partial charge in [0, 0.05) is 32.5 Å². The highest BCUT2D eigenvalue weighted by Gasteiger charge is 2.37. The summed E-state index contributed by atoms with van der Waals surface area (Å²) in [4.78, 5) is 13.4. The van der Waals surface area contributed by atoms with E-state index >= 15 is 0 Å². The summed E-state index contributed by atoms with van der Waals surface area (Å²) in [6, 6.07) is 8.63. The van der Waals surface area contributed by atoms with Crippen LogP contribution < -0.4 is 5.32 Å². The van der Waals surface area contributed by atoms with Crippen molar-refractivity contribution in [3.05, 3.63) is 42.1 Å². The van der Waals surface area contributed by atoms with Crippen molar-refractivity contribution in [3.8, 4) is 0 Å². The summed E-state index contributed by atoms with van der Waals surface area (Å²) in [5, 5.41) is 6.90. The average Bonchev–Trinajstić information content (AvgIpc) is 3.51. The lowest BCUT2D eigenvalue weighted by Gasteiger charge is -2.26. The molecule has 2 fully saturated rings. The second-order valence-corrected chi connectivity index (χ2v) is 10.2. The summed E-state index contributed by atoms with van der Waals surface area (Å²) < 4.78 is 32.0. The van der Waals surface area contributed by atoms with Crippen LogP contribution in [0.5, 0.6) is 0 Å². The van der Waals surface area contributed by atoms with Gasteiger partial charge in [-0.05, 0) is 55.7 Å². The third kappa shape index (κ3) is 4.70. The lowest BCUT2D eigenvalue weighted by atomic mass is 9.84. The van der Waals surface area contributed by atoms with Crippen molar-refractivity contribution in [2.75, 3.05) is 18.5 Å². The Balaban J connectivity index is 1.55. The molecule has 29 heavy (non-hydrogen) atoms. The Labute approximate surface area is 171 Å². The monoisotopic (exact) mass is 417 g/mol. The molecule has 1 saturated heterocycles. The van der Waals surface area contributed by atoms with Crippen LogP contribution >= 0.6 is 0 Å². The number of benzene rings is 1. The molecule has 0 radical (unpaired) electrons. The Morgan fingerprint density at radius 1 is 1.17 bits per heavy atom. The van der Waals surface area contributed by atoms with Crippen molar-refractivity contribution in [1.29, 1.82) is 0 Å². The molecule has 1 aromatic heterocycles. The quantitative estimate of drug-likeness (QED) is 0.748. The van der Waals surface area contributed by atoms with Crippen LogP contribution in [0.4, 0.5) is 5.82 Å². The van der Waals surface area contributed by atoms with Gasteiger partial charge in [-0.3, -0.25) is 9.48 Å². The fourth-order valence-electron chi connectivity index (χ4n) is 3.87. The van der Waals surface area contributed by atoms with Crippen molar-refractivity contribution in [2.24, 2.45) is 13.0 Å². The van der Waals surface area contributed by atoms with Gasteiger partial charge in [-0.1, -0.05) is 12.1 Å². The van der Waals surface area contributed by atoms with Crippen LogP contribution in [0.25, 0.3) is 0 Å². The first kappa shape index (κ1) is 20.1. The van der Waals surface area contributed by atoms with Crippen LogP contribution in [0, 0.1) is 5.92 Å². The Hall–Kier alpha value is -2.19. The number of nitrogens with one attached hydrogen (secondary N) is 1. The Kier molecular flexibility index (Phi) is 5.74. The van der Waals surface area contributed by atoms with E-state index in [9.17, 15) is 13.2 Å². The molecule has 8 heteroatoms. The van der Waals surface area contributed by atoms with E-state index < -0.39 is 9.84 Å². The minimum Gasteiger partial charge on any atom is -0.381 e. The number of ether oxygens (including phenoxy) is 1. The Morgan fingerprint density at radius 2 is 1.86 bits per heavy atom. The van der Waals surface area contributed by atoms with Gasteiger partial charge in [0.1, 0.15) is 0 Å². The number of aryl methyl sites for hydroxylation is 1. The highest BCUT2D eigenvalue weighted by atomic mass is 32.2. The summed E-state index contributed by atoms with van der Waals surface area (Å²) in [6.07, 6.45) is 5.83. The Morgan fingerprint density at radius 3 is 2.45 bits per heavy atom. The second-order valence-electron chi connectivity index (χ2n) is 8.02. The fraction of sp³-hybridized carbons (Fsp3) is 0.524. The predicted octanol–water partition coefficient (Wildman–Crippen LogP) is 2.90. The minimum absolute atomic E-state index is 0.118. The molecule has 1 saturated carbocycles. The zero-order valence-electron chi connectivity index (χ0n) is 16.6. The number of rotatable bonds is 7. The number of hydrogen-bond donors (Lipinski definition) is 1. The number of sulfone groups is 1. The van der Waals surface area contributed by atoms with Crippen LogP contribution in [0.1, 0.15) is 43.6 Å². The summed E-state index contributed by atoms with van der Waals surface area (Å²) in [7, 11) is -1.43. The zero-order chi connectivity index (χ0) is 20.4. The van der Waals surface area contributed by atoms with Crippen molar-refractivity contribution in [3.63, 3.8) is 0 Å². The molecule has 2 aromatic rings. The molecule has 1 aromatic carbocycles. The van der Waals surface area contributed by atoms with Crippen molar-refractivity contribution in [2.45, 2.75) is 48.2 Å². The average molecular weight is 418 g/mol. The van der Waals surface area contributed by atoms with Gasteiger partial charge in [-0.2, -0.15) is 5.10 Å². The third-order valence-corrected chi connectivity index (χ3v) is 8.04. The number of nitrogens with zero attached hydrogens (tertiary/aromatic N) is 2. The van der Waals surface area contributed by atoms with Gasteiger partial charge in [-0.25, -0.2) is 8.42 Å². The number of carbonyl (C=O) groups is 1. The highest BCUT2D eigenvalue weighted by Crippen LogP contribution is 2.35. The van der Waals surface area contributed by atoms with E-state index in [0.717, 1.165) is 44.5 Å². The predicted molar refractivity (Wildman–Crippen MR) is 109 cm³/mol. The molecule has 1 unspecified atom stereocenters. The standard InChI is InChI=1S/C21H27N3O4S/c1-24-11-8-20(23-24)22-21(25)19(14-15-9-12-28-13-10-15)16-2-4-17(5-3-16)29(26,27)18-6-7-18/h2-5,8,11,15,18-19H,6-7,9-10,12-14H2,1H3,(H,22,23,25). The van der Waals surface area contributed by atoms with Gasteiger partial charge in [0.25, 0.3) is 0 Å². The minimum atomic E-state index is -3.23. The van der Waals surface area contributed by atoms with Gasteiger partial charge >= 0.3 is 0 Å². The molecule has 156 valence electrons. The molecule has 1 aliphatic heterocycles. The third-order valence-electron chi connectivity index (χ3n) is 5.77. The molecule has 1 N–H and O–H groups in total. The van der Waals surface area contributed by atoms with Gasteiger partial charge in [0.2, 0.25) is 5.91 Å². The van der Waals surface area contributed by atoms with Gasteiger partial charge in [0.15, 0.2) is 15.7 Å². The van der Waals surface area contributed by atoms with Crippen LogP contribution in [0.3, 0.4) is 0 Å². The smallest absolute Gasteiger partial charge is 0.233 e. The molecule has 1 amide bonds. The van der Waals surface area contributed by atoms with Gasteiger partial charge in [-0.15, -0.1) is 0 Å². The van der Waals surface area contributed by atoms with E-state index in [1.807, 2.05) is 0 Å². The lowest BCUT2D eigenvalue weighted by molar-refractivity contribution is -0.118. The van der Waals surface area contributed by atoms with Crippen LogP contribution in [-0.4, -0.2) is 42.6 Å². The first-order chi connectivity index (χ1) is 13.9. The molecule has 0 bridgehead atoms. The van der Waals surface area contributed by atoms with E-state index in [2.05, 4.69) is 10.4 Å². The maximum absolute atomic E-state index is 13.1. The number of carbonyl (C=O) groups excluding carboxylic acids is 1. The highest BCUT2D eigenvalue weighted by molar-refractivity contribution is 7.92. The van der Waals surface area contributed by atoms with E-state index in [1.54, 1.807) is 48.3 Å². The number of hydrogen-bond acceptors (Lipinski definition) is 5. The SMILES string of the molecule is Cn1ccc(NC(=O)C(CC2CCOCC2)c2ccc(S(=O)(=O)C3CC3)cc2)n1. The van der Waals surface area contributed by atoms with Crippen molar-refractivity contribution in [1.82, 2.24) is 9.78 Å². The van der Waals surface area contributed by atoms with Crippen LogP contribution in [0.2, 0.25) is 0 Å². The lowest BCUT2D eigenvalue weighted by Crippen LogP contribution is -2.26. The number of anilines is 1. The molecule has 2 heterocycles. The second kappa shape index (κ2) is 8.28. The number of aromatic nitrogens is 2. The maximum Gasteiger partial charge on any atom is 0.233 e. The molecule has 7 nitrogen and oxygen atoms in total. The molecule has 0 spiro atoms. The molecule has 1 aliphatic carbocycles. The van der Waals surface area contributed by atoms with Crippen LogP contribution in [-0.2, 0) is 26.4 Å². The van der Waals surface area contributed by atoms with E-state index in [1.165, 1.54) is 0 Å². The normalized spacial score (nSPS) is 19.1. The van der Waals surface area contributed by atoms with Crippen LogP contribution in [0.15, 0.2) is 41.4 Å².